The molecule has 2 aromatic carbocycles. The summed E-state index contributed by atoms with van der Waals surface area (Å²) in [5.74, 6) is 0.517. The van der Waals surface area contributed by atoms with Crippen molar-refractivity contribution in [1.82, 2.24) is 10.6 Å². The number of carbonyl (C=O) groups excluding carboxylic acids is 2. The highest BCUT2D eigenvalue weighted by atomic mass is 16.5. The molecular formula is C22H25N3O5. The molecular weight excluding hydrogens is 386 g/mol. The van der Waals surface area contributed by atoms with Crippen molar-refractivity contribution < 1.29 is 23.8 Å². The van der Waals surface area contributed by atoms with E-state index < -0.39 is 18.0 Å². The average molecular weight is 411 g/mol. The summed E-state index contributed by atoms with van der Waals surface area (Å²) in [7, 11) is 3.06. The molecule has 158 valence electrons. The first-order chi connectivity index (χ1) is 14.5. The van der Waals surface area contributed by atoms with E-state index in [9.17, 15) is 9.59 Å². The Bertz CT molecular complexity index is 960. The maximum absolute atomic E-state index is 13.2. The summed E-state index contributed by atoms with van der Waals surface area (Å²) in [5, 5.41) is 8.27. The fraction of sp³-hybridized carbons (Fsp3) is 0.273. The maximum atomic E-state index is 13.2. The summed E-state index contributed by atoms with van der Waals surface area (Å²) in [6.07, 6.45) is 0. The van der Waals surface area contributed by atoms with Crippen LogP contribution in [0.4, 0.5) is 10.5 Å². The lowest BCUT2D eigenvalue weighted by molar-refractivity contribution is -0.119. The third kappa shape index (κ3) is 4.32. The number of anilines is 1. The van der Waals surface area contributed by atoms with Gasteiger partial charge >= 0.3 is 6.03 Å². The first-order valence-electron chi connectivity index (χ1n) is 9.49. The topological polar surface area (TPSA) is 97.9 Å². The number of ether oxygens (including phenoxy) is 3. The molecule has 3 amide bonds. The Balaban J connectivity index is 1.94. The largest absolute Gasteiger partial charge is 0.495 e. The van der Waals surface area contributed by atoms with E-state index in [1.54, 1.807) is 36.4 Å². The molecule has 1 aliphatic heterocycles. The molecule has 30 heavy (non-hydrogen) atoms. The molecule has 2 aromatic rings. The first kappa shape index (κ1) is 21.0. The molecule has 1 saturated heterocycles. The van der Waals surface area contributed by atoms with Crippen LogP contribution in [-0.4, -0.2) is 32.8 Å². The van der Waals surface area contributed by atoms with Gasteiger partial charge in [0.2, 0.25) is 5.91 Å². The number of rotatable bonds is 7. The van der Waals surface area contributed by atoms with E-state index in [0.29, 0.717) is 40.8 Å². The SMILES string of the molecule is C=C1NC(=O)N[C@@H](c2ccc(OCC)c(OC)c2)[C@@H]1C(=O)Nc1ccccc1OC. The average Bonchev–Trinajstić information content (AvgIpc) is 2.74. The number of urea groups is 1. The fourth-order valence-electron chi connectivity index (χ4n) is 3.38. The number of amides is 3. The highest BCUT2D eigenvalue weighted by molar-refractivity contribution is 5.98. The summed E-state index contributed by atoms with van der Waals surface area (Å²) in [4.78, 5) is 25.3. The molecule has 2 atom stereocenters. The molecule has 0 unspecified atom stereocenters. The molecule has 8 heteroatoms. The zero-order valence-corrected chi connectivity index (χ0v) is 17.2. The summed E-state index contributed by atoms with van der Waals surface area (Å²) in [5.41, 5.74) is 1.51. The van der Waals surface area contributed by atoms with Crippen LogP contribution in [0.5, 0.6) is 17.2 Å². The number of para-hydroxylation sites is 2. The molecule has 1 aliphatic rings. The maximum Gasteiger partial charge on any atom is 0.319 e. The molecule has 0 aliphatic carbocycles. The van der Waals surface area contributed by atoms with Crippen molar-refractivity contribution in [1.29, 1.82) is 0 Å². The molecule has 8 nitrogen and oxygen atoms in total. The number of benzene rings is 2. The third-order valence-electron chi connectivity index (χ3n) is 4.76. The van der Waals surface area contributed by atoms with Crippen molar-refractivity contribution >= 4 is 17.6 Å². The lowest BCUT2D eigenvalue weighted by Gasteiger charge is -2.34. The lowest BCUT2D eigenvalue weighted by Crippen LogP contribution is -2.51. The standard InChI is InChI=1S/C22H25N3O5/c1-5-30-17-11-10-14(12-18(17)29-4)20-19(13(2)23-22(27)25-20)21(26)24-15-8-6-7-9-16(15)28-3/h6-12,19-20H,2,5H2,1,3-4H3,(H,24,26)(H2,23,25,27)/t19-,20+/m1/s1. The van der Waals surface area contributed by atoms with E-state index in [-0.39, 0.29) is 5.91 Å². The van der Waals surface area contributed by atoms with Gasteiger partial charge in [0.15, 0.2) is 11.5 Å². The van der Waals surface area contributed by atoms with Crippen molar-refractivity contribution in [3.63, 3.8) is 0 Å². The third-order valence-corrected chi connectivity index (χ3v) is 4.76. The van der Waals surface area contributed by atoms with Crippen LogP contribution in [0.15, 0.2) is 54.7 Å². The van der Waals surface area contributed by atoms with Gasteiger partial charge in [-0.05, 0) is 36.8 Å². The predicted octanol–water partition coefficient (Wildman–Crippen LogP) is 3.23. The molecule has 0 aromatic heterocycles. The van der Waals surface area contributed by atoms with Gasteiger partial charge in [-0.15, -0.1) is 0 Å². The van der Waals surface area contributed by atoms with Crippen LogP contribution >= 0.6 is 0 Å². The number of carbonyl (C=O) groups is 2. The van der Waals surface area contributed by atoms with E-state index in [1.807, 2.05) is 13.0 Å². The number of hydrogen-bond donors (Lipinski definition) is 3. The van der Waals surface area contributed by atoms with Crippen molar-refractivity contribution in [3.8, 4) is 17.2 Å². The zero-order chi connectivity index (χ0) is 21.7. The van der Waals surface area contributed by atoms with Crippen molar-refractivity contribution in [2.24, 2.45) is 5.92 Å². The van der Waals surface area contributed by atoms with Crippen LogP contribution < -0.4 is 30.2 Å². The second-order valence-electron chi connectivity index (χ2n) is 6.61. The predicted molar refractivity (Wildman–Crippen MR) is 113 cm³/mol. The Morgan fingerprint density at radius 2 is 1.83 bits per heavy atom. The molecule has 1 fully saturated rings. The van der Waals surface area contributed by atoms with Crippen LogP contribution in [0, 0.1) is 5.92 Å². The smallest absolute Gasteiger partial charge is 0.319 e. The molecule has 1 heterocycles. The molecule has 0 spiro atoms. The van der Waals surface area contributed by atoms with E-state index in [4.69, 9.17) is 14.2 Å². The molecule has 0 radical (unpaired) electrons. The summed E-state index contributed by atoms with van der Waals surface area (Å²) in [6, 6.07) is 11.3. The van der Waals surface area contributed by atoms with Gasteiger partial charge in [-0.25, -0.2) is 4.79 Å². The van der Waals surface area contributed by atoms with Crippen LogP contribution in [0.3, 0.4) is 0 Å². The molecule has 3 N–H and O–H groups in total. The van der Waals surface area contributed by atoms with Gasteiger partial charge in [-0.1, -0.05) is 24.8 Å². The quantitative estimate of drug-likeness (QED) is 0.650. The second kappa shape index (κ2) is 9.21. The first-order valence-corrected chi connectivity index (χ1v) is 9.49. The van der Waals surface area contributed by atoms with Crippen molar-refractivity contribution in [3.05, 3.63) is 60.3 Å². The van der Waals surface area contributed by atoms with E-state index in [1.165, 1.54) is 14.2 Å². The van der Waals surface area contributed by atoms with E-state index in [2.05, 4.69) is 22.5 Å². The van der Waals surface area contributed by atoms with Crippen LogP contribution in [0.2, 0.25) is 0 Å². The number of methoxy groups -OCH3 is 2. The highest BCUT2D eigenvalue weighted by Crippen LogP contribution is 2.36. The zero-order valence-electron chi connectivity index (χ0n) is 17.2. The van der Waals surface area contributed by atoms with E-state index in [0.717, 1.165) is 0 Å². The Hall–Kier alpha value is -3.68. The van der Waals surface area contributed by atoms with Gasteiger partial charge in [0.25, 0.3) is 0 Å². The van der Waals surface area contributed by atoms with Crippen LogP contribution in [0.1, 0.15) is 18.5 Å². The molecule has 0 saturated carbocycles. The Kier molecular flexibility index (Phi) is 6.46. The normalized spacial score (nSPS) is 18.1. The van der Waals surface area contributed by atoms with Gasteiger partial charge in [0.1, 0.15) is 11.7 Å². The summed E-state index contributed by atoms with van der Waals surface area (Å²) >= 11 is 0. The summed E-state index contributed by atoms with van der Waals surface area (Å²) < 4.78 is 16.3. The number of nitrogens with one attached hydrogen (secondary N) is 3. The molecule has 0 bridgehead atoms. The minimum absolute atomic E-state index is 0.295. The monoisotopic (exact) mass is 411 g/mol. The Labute approximate surface area is 175 Å². The Morgan fingerprint density at radius 1 is 1.10 bits per heavy atom. The minimum Gasteiger partial charge on any atom is -0.495 e. The van der Waals surface area contributed by atoms with Gasteiger partial charge < -0.3 is 30.2 Å². The van der Waals surface area contributed by atoms with Crippen molar-refractivity contribution in [2.75, 3.05) is 26.1 Å². The highest BCUT2D eigenvalue weighted by Gasteiger charge is 2.38. The number of hydrogen-bond acceptors (Lipinski definition) is 5. The minimum atomic E-state index is -0.768. The van der Waals surface area contributed by atoms with Gasteiger partial charge in [-0.3, -0.25) is 4.79 Å². The molecule has 3 rings (SSSR count). The van der Waals surface area contributed by atoms with Crippen molar-refractivity contribution in [2.45, 2.75) is 13.0 Å². The second-order valence-corrected chi connectivity index (χ2v) is 6.61. The van der Waals surface area contributed by atoms with Gasteiger partial charge in [0.05, 0.1) is 32.6 Å². The lowest BCUT2D eigenvalue weighted by atomic mass is 9.88. The fourth-order valence-corrected chi connectivity index (χ4v) is 3.38. The van der Waals surface area contributed by atoms with E-state index >= 15 is 0 Å². The summed E-state index contributed by atoms with van der Waals surface area (Å²) in [6.45, 7) is 6.26. The van der Waals surface area contributed by atoms with Crippen LogP contribution in [0.25, 0.3) is 0 Å². The van der Waals surface area contributed by atoms with Crippen LogP contribution in [-0.2, 0) is 4.79 Å². The van der Waals surface area contributed by atoms with Gasteiger partial charge in [-0.2, -0.15) is 0 Å². The Morgan fingerprint density at radius 3 is 2.53 bits per heavy atom. The van der Waals surface area contributed by atoms with Gasteiger partial charge in [0, 0.05) is 5.70 Å².